The Morgan fingerprint density at radius 2 is 2.00 bits per heavy atom. The van der Waals surface area contributed by atoms with Gasteiger partial charge in [0.15, 0.2) is 0 Å². The zero-order chi connectivity index (χ0) is 16.2. The van der Waals surface area contributed by atoms with Gasteiger partial charge in [-0.25, -0.2) is 10.1 Å². The lowest BCUT2D eigenvalue weighted by Gasteiger charge is -2.37. The average molecular weight is 354 g/mol. The van der Waals surface area contributed by atoms with E-state index in [0.29, 0.717) is 0 Å². The van der Waals surface area contributed by atoms with Gasteiger partial charge in [0.05, 0.1) is 17.6 Å². The van der Waals surface area contributed by atoms with Crippen molar-refractivity contribution >= 4 is 52.2 Å². The SMILES string of the molecule is [C-]#[N+]/C(C#N)=C\c1cc2c(s1)-c1sc(N(C)C)cc1[Si]21CCC1. The summed E-state index contributed by atoms with van der Waals surface area (Å²) in [5.41, 5.74) is 0.176. The smallest absolute Gasteiger partial charge is 0.263 e. The third-order valence-electron chi connectivity index (χ3n) is 4.87. The Morgan fingerprint density at radius 3 is 2.57 bits per heavy atom. The minimum atomic E-state index is -1.49. The molecular weight excluding hydrogens is 338 g/mol. The number of rotatable bonds is 2. The molecule has 4 rings (SSSR count). The highest BCUT2D eigenvalue weighted by atomic mass is 32.1. The van der Waals surface area contributed by atoms with Crippen LogP contribution in [0.25, 0.3) is 20.7 Å². The number of hydrogen-bond acceptors (Lipinski definition) is 4. The Balaban J connectivity index is 1.88. The largest absolute Gasteiger partial charge is 0.370 e. The van der Waals surface area contributed by atoms with Crippen LogP contribution in [0.15, 0.2) is 17.8 Å². The molecule has 1 spiro atoms. The fraction of sp³-hybridized carbons (Fsp3) is 0.294. The first-order chi connectivity index (χ1) is 11.1. The van der Waals surface area contributed by atoms with Crippen LogP contribution in [0.1, 0.15) is 11.3 Å². The van der Waals surface area contributed by atoms with Gasteiger partial charge in [0, 0.05) is 28.7 Å². The Kier molecular flexibility index (Phi) is 3.24. The summed E-state index contributed by atoms with van der Waals surface area (Å²) in [6.07, 6.45) is 3.08. The fourth-order valence-electron chi connectivity index (χ4n) is 3.57. The van der Waals surface area contributed by atoms with E-state index in [2.05, 4.69) is 36.0 Å². The summed E-state index contributed by atoms with van der Waals surface area (Å²) < 4.78 is 0. The van der Waals surface area contributed by atoms with Gasteiger partial charge in [-0.1, -0.05) is 6.42 Å². The maximum atomic E-state index is 8.99. The van der Waals surface area contributed by atoms with Crippen LogP contribution in [0.2, 0.25) is 12.1 Å². The van der Waals surface area contributed by atoms with Crippen LogP contribution in [0.4, 0.5) is 5.00 Å². The lowest BCUT2D eigenvalue weighted by atomic mass is 10.3. The minimum Gasteiger partial charge on any atom is -0.370 e. The van der Waals surface area contributed by atoms with Gasteiger partial charge < -0.3 is 4.90 Å². The molecular formula is C17H15N3S2Si. The minimum absolute atomic E-state index is 0.176. The third kappa shape index (κ3) is 1.96. The number of hydrogen-bond donors (Lipinski definition) is 0. The van der Waals surface area contributed by atoms with Crippen LogP contribution in [0.3, 0.4) is 0 Å². The molecule has 1 saturated heterocycles. The first-order valence-electron chi connectivity index (χ1n) is 7.54. The summed E-state index contributed by atoms with van der Waals surface area (Å²) in [5, 5.41) is 13.5. The summed E-state index contributed by atoms with van der Waals surface area (Å²) in [4.78, 5) is 9.43. The maximum Gasteiger partial charge on any atom is 0.263 e. The van der Waals surface area contributed by atoms with E-state index in [0.717, 1.165) is 4.88 Å². The zero-order valence-electron chi connectivity index (χ0n) is 13.0. The van der Waals surface area contributed by atoms with Gasteiger partial charge in [-0.3, -0.25) is 0 Å². The van der Waals surface area contributed by atoms with Crippen molar-refractivity contribution in [2.45, 2.75) is 18.5 Å². The topological polar surface area (TPSA) is 31.4 Å². The molecule has 0 saturated carbocycles. The van der Waals surface area contributed by atoms with Crippen LogP contribution in [-0.2, 0) is 0 Å². The van der Waals surface area contributed by atoms with E-state index < -0.39 is 8.07 Å². The molecule has 0 amide bonds. The molecule has 0 unspecified atom stereocenters. The quantitative estimate of drug-likeness (QED) is 0.469. The van der Waals surface area contributed by atoms with Crippen molar-refractivity contribution in [3.8, 4) is 15.8 Å². The molecule has 1 fully saturated rings. The van der Waals surface area contributed by atoms with Crippen molar-refractivity contribution in [1.29, 1.82) is 5.26 Å². The summed E-state index contributed by atoms with van der Waals surface area (Å²) in [5.74, 6) is 0. The zero-order valence-corrected chi connectivity index (χ0v) is 15.6. The molecule has 2 aromatic rings. The van der Waals surface area contributed by atoms with Crippen molar-refractivity contribution in [2.24, 2.45) is 0 Å². The Labute approximate surface area is 144 Å². The number of allylic oxidation sites excluding steroid dienone is 1. The van der Waals surface area contributed by atoms with Crippen molar-refractivity contribution in [3.63, 3.8) is 0 Å². The van der Waals surface area contributed by atoms with E-state index in [9.17, 15) is 0 Å². The van der Waals surface area contributed by atoms with Gasteiger partial charge in [0.1, 0.15) is 8.07 Å². The molecule has 0 atom stereocenters. The molecule has 114 valence electrons. The van der Waals surface area contributed by atoms with Crippen LogP contribution in [-0.4, -0.2) is 22.2 Å². The normalized spacial score (nSPS) is 17.1. The summed E-state index contributed by atoms with van der Waals surface area (Å²) >= 11 is 3.65. The van der Waals surface area contributed by atoms with Crippen molar-refractivity contribution in [2.75, 3.05) is 19.0 Å². The number of thiophene rings is 2. The Hall–Kier alpha value is -1.86. The molecule has 23 heavy (non-hydrogen) atoms. The second-order valence-corrected chi connectivity index (χ2v) is 12.7. The molecule has 0 radical (unpaired) electrons. The average Bonchev–Trinajstić information content (AvgIpc) is 3.12. The van der Waals surface area contributed by atoms with Gasteiger partial charge in [0.2, 0.25) is 0 Å². The molecule has 0 N–H and O–H groups in total. The predicted molar refractivity (Wildman–Crippen MR) is 101 cm³/mol. The van der Waals surface area contributed by atoms with Gasteiger partial charge in [-0.05, 0) is 40.7 Å². The Bertz CT molecular complexity index is 901. The number of nitrogens with zero attached hydrogens (tertiary/aromatic N) is 3. The van der Waals surface area contributed by atoms with Gasteiger partial charge in [-0.2, -0.15) is 0 Å². The number of nitriles is 1. The third-order valence-corrected chi connectivity index (χ3v) is 13.0. The highest BCUT2D eigenvalue weighted by molar-refractivity contribution is 7.31. The van der Waals surface area contributed by atoms with Crippen molar-refractivity contribution < 1.29 is 0 Å². The van der Waals surface area contributed by atoms with Crippen LogP contribution >= 0.6 is 22.7 Å². The molecule has 0 aromatic carbocycles. The molecule has 2 aromatic heterocycles. The number of fused-ring (bicyclic) bond motifs is 5. The maximum absolute atomic E-state index is 8.99. The van der Waals surface area contributed by atoms with Gasteiger partial charge >= 0.3 is 0 Å². The van der Waals surface area contributed by atoms with E-state index >= 15 is 0 Å². The van der Waals surface area contributed by atoms with E-state index in [1.165, 1.54) is 33.3 Å². The second kappa shape index (κ2) is 5.07. The van der Waals surface area contributed by atoms with Gasteiger partial charge in [0.25, 0.3) is 5.70 Å². The summed E-state index contributed by atoms with van der Waals surface area (Å²) in [6, 6.07) is 9.37. The summed E-state index contributed by atoms with van der Waals surface area (Å²) in [7, 11) is 2.72. The van der Waals surface area contributed by atoms with Crippen molar-refractivity contribution in [3.05, 3.63) is 34.1 Å². The van der Waals surface area contributed by atoms with E-state index in [1.54, 1.807) is 27.8 Å². The highest BCUT2D eigenvalue weighted by Gasteiger charge is 2.51. The highest BCUT2D eigenvalue weighted by Crippen LogP contribution is 2.48. The number of anilines is 1. The molecule has 2 aliphatic heterocycles. The van der Waals surface area contributed by atoms with Gasteiger partial charge in [-0.15, -0.1) is 22.7 Å². The lowest BCUT2D eigenvalue weighted by molar-refractivity contribution is 0.931. The summed E-state index contributed by atoms with van der Waals surface area (Å²) in [6.45, 7) is 7.07. The van der Waals surface area contributed by atoms with Crippen LogP contribution < -0.4 is 15.3 Å². The molecule has 0 bridgehead atoms. The fourth-order valence-corrected chi connectivity index (χ4v) is 12.0. The predicted octanol–water partition coefficient (Wildman–Crippen LogP) is 3.61. The van der Waals surface area contributed by atoms with Crippen LogP contribution in [0.5, 0.6) is 0 Å². The lowest BCUT2D eigenvalue weighted by Crippen LogP contribution is -2.59. The van der Waals surface area contributed by atoms with E-state index in [1.807, 2.05) is 17.4 Å². The van der Waals surface area contributed by atoms with Crippen molar-refractivity contribution in [1.82, 2.24) is 0 Å². The molecule has 4 heterocycles. The standard InChI is InChI=1S/C17H15N3S2Si/c1-19-11(10-18)7-12-8-13-16(21-12)17-14(23(13)5-4-6-23)9-15(22-17)20(2)3/h7-9H,4-6H2,2-3H3/b11-7-. The Morgan fingerprint density at radius 1 is 1.30 bits per heavy atom. The molecule has 2 aliphatic rings. The van der Waals surface area contributed by atoms with E-state index in [4.69, 9.17) is 11.8 Å². The second-order valence-electron chi connectivity index (χ2n) is 6.30. The first kappa shape index (κ1) is 14.7. The molecule has 6 heteroatoms. The molecule has 0 aliphatic carbocycles. The molecule has 3 nitrogen and oxygen atoms in total. The first-order valence-corrected chi connectivity index (χ1v) is 11.6. The van der Waals surface area contributed by atoms with E-state index in [-0.39, 0.29) is 5.70 Å². The van der Waals surface area contributed by atoms with Crippen LogP contribution in [0, 0.1) is 17.9 Å². The monoisotopic (exact) mass is 353 g/mol.